The summed E-state index contributed by atoms with van der Waals surface area (Å²) >= 11 is 0. The summed E-state index contributed by atoms with van der Waals surface area (Å²) in [6, 6.07) is 11.3. The van der Waals surface area contributed by atoms with Crippen molar-refractivity contribution in [3.05, 3.63) is 70.8 Å². The molecule has 0 heterocycles. The molecule has 0 saturated heterocycles. The molecule has 1 amide bonds. The second kappa shape index (κ2) is 8.36. The lowest BCUT2D eigenvalue weighted by Gasteiger charge is -2.18. The van der Waals surface area contributed by atoms with E-state index in [0.29, 0.717) is 11.1 Å². The summed E-state index contributed by atoms with van der Waals surface area (Å²) in [5.74, 6) is -1.86. The number of carbonyl (C=O) groups excluding carboxylic acids is 2. The smallest absolute Gasteiger partial charge is 0.417 e. The van der Waals surface area contributed by atoms with Crippen molar-refractivity contribution in [3.63, 3.8) is 0 Å². The quantitative estimate of drug-likeness (QED) is 0.814. The predicted molar refractivity (Wildman–Crippen MR) is 89.6 cm³/mol. The molecule has 5 nitrogen and oxygen atoms in total. The Hall–Kier alpha value is -3.34. The fourth-order valence-corrected chi connectivity index (χ4v) is 2.50. The monoisotopic (exact) mass is 376 g/mol. The number of hydrogen-bond acceptors (Lipinski definition) is 4. The number of nitrogens with one attached hydrogen (secondary N) is 1. The van der Waals surface area contributed by atoms with E-state index in [2.05, 4.69) is 10.1 Å². The van der Waals surface area contributed by atoms with Gasteiger partial charge in [0.1, 0.15) is 6.04 Å². The van der Waals surface area contributed by atoms with Crippen molar-refractivity contribution in [2.75, 3.05) is 7.11 Å². The van der Waals surface area contributed by atoms with Gasteiger partial charge in [0.2, 0.25) is 0 Å². The van der Waals surface area contributed by atoms with E-state index in [4.69, 9.17) is 5.26 Å². The molecule has 2 aromatic rings. The molecule has 0 aliphatic carbocycles. The van der Waals surface area contributed by atoms with Crippen LogP contribution in [0.15, 0.2) is 48.5 Å². The van der Waals surface area contributed by atoms with Crippen LogP contribution in [0.5, 0.6) is 0 Å². The number of carbonyl (C=O) groups is 2. The van der Waals surface area contributed by atoms with Crippen molar-refractivity contribution in [1.29, 1.82) is 5.26 Å². The minimum absolute atomic E-state index is 0.0396. The molecule has 0 radical (unpaired) electrons. The highest BCUT2D eigenvalue weighted by Crippen LogP contribution is 2.31. The molecular formula is C19H15F3N2O3. The van der Waals surface area contributed by atoms with Gasteiger partial charge in [-0.25, -0.2) is 4.79 Å². The van der Waals surface area contributed by atoms with E-state index < -0.39 is 35.2 Å². The third-order valence-electron chi connectivity index (χ3n) is 3.76. The van der Waals surface area contributed by atoms with Gasteiger partial charge >= 0.3 is 12.1 Å². The first-order chi connectivity index (χ1) is 12.8. The number of nitriles is 1. The van der Waals surface area contributed by atoms with Gasteiger partial charge in [0, 0.05) is 6.42 Å². The average molecular weight is 376 g/mol. The van der Waals surface area contributed by atoms with Crippen LogP contribution in [0.25, 0.3) is 0 Å². The zero-order valence-corrected chi connectivity index (χ0v) is 14.2. The number of halogens is 3. The van der Waals surface area contributed by atoms with Gasteiger partial charge in [-0.1, -0.05) is 24.3 Å². The van der Waals surface area contributed by atoms with Crippen LogP contribution in [0.4, 0.5) is 13.2 Å². The van der Waals surface area contributed by atoms with Crippen LogP contribution in [0, 0.1) is 11.3 Å². The Bertz CT molecular complexity index is 888. The van der Waals surface area contributed by atoms with Crippen LogP contribution in [0.2, 0.25) is 0 Å². The topological polar surface area (TPSA) is 79.2 Å². The SMILES string of the molecule is COC(=O)[C@@H](Cc1cccc(C#N)c1)NC(=O)c1ccccc1C(F)(F)F. The fourth-order valence-electron chi connectivity index (χ4n) is 2.50. The molecule has 2 aromatic carbocycles. The molecule has 0 aliphatic rings. The molecule has 0 bridgehead atoms. The largest absolute Gasteiger partial charge is 0.467 e. The summed E-state index contributed by atoms with van der Waals surface area (Å²) in [5, 5.41) is 11.2. The summed E-state index contributed by atoms with van der Waals surface area (Å²) in [7, 11) is 1.11. The van der Waals surface area contributed by atoms with Crippen molar-refractivity contribution in [2.45, 2.75) is 18.6 Å². The number of alkyl halides is 3. The molecule has 140 valence electrons. The standard InChI is InChI=1S/C19H15F3N2O3/c1-27-18(26)16(10-12-5-4-6-13(9-12)11-23)24-17(25)14-7-2-3-8-15(14)19(20,21)22/h2-9,16H,10H2,1H3,(H,24,25)/t16-/m1/s1. The zero-order chi connectivity index (χ0) is 20.0. The van der Waals surface area contributed by atoms with Gasteiger partial charge in [0.15, 0.2) is 0 Å². The molecule has 1 atom stereocenters. The number of ether oxygens (including phenoxy) is 1. The van der Waals surface area contributed by atoms with E-state index in [1.54, 1.807) is 18.2 Å². The van der Waals surface area contributed by atoms with E-state index >= 15 is 0 Å². The highest BCUT2D eigenvalue weighted by Gasteiger charge is 2.35. The molecule has 8 heteroatoms. The van der Waals surface area contributed by atoms with Gasteiger partial charge < -0.3 is 10.1 Å². The van der Waals surface area contributed by atoms with Gasteiger partial charge in [-0.15, -0.1) is 0 Å². The minimum Gasteiger partial charge on any atom is -0.467 e. The normalized spacial score (nSPS) is 12.0. The number of amides is 1. The maximum absolute atomic E-state index is 13.1. The average Bonchev–Trinajstić information content (AvgIpc) is 2.66. The molecule has 27 heavy (non-hydrogen) atoms. The Balaban J connectivity index is 2.28. The fraction of sp³-hybridized carbons (Fsp3) is 0.211. The van der Waals surface area contributed by atoms with E-state index in [9.17, 15) is 22.8 Å². The van der Waals surface area contributed by atoms with Crippen LogP contribution in [-0.2, 0) is 22.1 Å². The maximum Gasteiger partial charge on any atom is 0.417 e. The van der Waals surface area contributed by atoms with Gasteiger partial charge in [-0.2, -0.15) is 18.4 Å². The third kappa shape index (κ3) is 5.07. The van der Waals surface area contributed by atoms with Crippen molar-refractivity contribution in [2.24, 2.45) is 0 Å². The van der Waals surface area contributed by atoms with E-state index in [1.165, 1.54) is 18.2 Å². The first-order valence-corrected chi connectivity index (χ1v) is 7.80. The lowest BCUT2D eigenvalue weighted by molar-refractivity contribution is -0.142. The van der Waals surface area contributed by atoms with Crippen molar-refractivity contribution >= 4 is 11.9 Å². The molecule has 0 unspecified atom stereocenters. The van der Waals surface area contributed by atoms with E-state index in [1.807, 2.05) is 6.07 Å². The predicted octanol–water partition coefficient (Wildman–Crippen LogP) is 3.09. The number of benzene rings is 2. The van der Waals surface area contributed by atoms with Gasteiger partial charge in [-0.05, 0) is 29.8 Å². The Morgan fingerprint density at radius 1 is 1.19 bits per heavy atom. The van der Waals surface area contributed by atoms with E-state index in [0.717, 1.165) is 19.2 Å². The lowest BCUT2D eigenvalue weighted by Crippen LogP contribution is -2.43. The Morgan fingerprint density at radius 3 is 2.52 bits per heavy atom. The Kier molecular flexibility index (Phi) is 6.19. The van der Waals surface area contributed by atoms with Crippen LogP contribution < -0.4 is 5.32 Å². The molecule has 0 aliphatic heterocycles. The zero-order valence-electron chi connectivity index (χ0n) is 14.2. The molecule has 0 fully saturated rings. The number of nitrogens with zero attached hydrogens (tertiary/aromatic N) is 1. The maximum atomic E-state index is 13.1. The highest BCUT2D eigenvalue weighted by atomic mass is 19.4. The molecule has 0 saturated carbocycles. The number of hydrogen-bond donors (Lipinski definition) is 1. The molecule has 2 rings (SSSR count). The second-order valence-corrected chi connectivity index (χ2v) is 5.61. The number of esters is 1. The van der Waals surface area contributed by atoms with Crippen LogP contribution in [0.1, 0.15) is 27.0 Å². The number of methoxy groups -OCH3 is 1. The van der Waals surface area contributed by atoms with Crippen LogP contribution in [0.3, 0.4) is 0 Å². The summed E-state index contributed by atoms with van der Waals surface area (Å²) in [4.78, 5) is 24.4. The first kappa shape index (κ1) is 20.0. The molecule has 1 N–H and O–H groups in total. The van der Waals surface area contributed by atoms with Crippen molar-refractivity contribution in [1.82, 2.24) is 5.32 Å². The second-order valence-electron chi connectivity index (χ2n) is 5.61. The molecule has 0 aromatic heterocycles. The lowest BCUT2D eigenvalue weighted by atomic mass is 10.0. The van der Waals surface area contributed by atoms with E-state index in [-0.39, 0.29) is 6.42 Å². The van der Waals surface area contributed by atoms with Gasteiger partial charge in [0.05, 0.1) is 29.9 Å². The van der Waals surface area contributed by atoms with Crippen LogP contribution >= 0.6 is 0 Å². The highest BCUT2D eigenvalue weighted by molar-refractivity contribution is 5.98. The summed E-state index contributed by atoms with van der Waals surface area (Å²) in [6.45, 7) is 0. The van der Waals surface area contributed by atoms with Gasteiger partial charge in [-0.3, -0.25) is 4.79 Å². The molecular weight excluding hydrogens is 361 g/mol. The Morgan fingerprint density at radius 2 is 1.89 bits per heavy atom. The summed E-state index contributed by atoms with van der Waals surface area (Å²) in [5.41, 5.74) is -0.791. The summed E-state index contributed by atoms with van der Waals surface area (Å²) < 4.78 is 43.9. The Labute approximate surface area is 153 Å². The third-order valence-corrected chi connectivity index (χ3v) is 3.76. The number of rotatable bonds is 5. The van der Waals surface area contributed by atoms with Gasteiger partial charge in [0.25, 0.3) is 5.91 Å². The first-order valence-electron chi connectivity index (χ1n) is 7.80. The minimum atomic E-state index is -4.71. The molecule has 0 spiro atoms. The van der Waals surface area contributed by atoms with Crippen molar-refractivity contribution < 1.29 is 27.5 Å². The summed E-state index contributed by atoms with van der Waals surface area (Å²) in [6.07, 6.45) is -4.75. The van der Waals surface area contributed by atoms with Crippen molar-refractivity contribution in [3.8, 4) is 6.07 Å². The van der Waals surface area contributed by atoms with Crippen LogP contribution in [-0.4, -0.2) is 25.0 Å².